The molecule has 3 aromatic rings. The quantitative estimate of drug-likeness (QED) is 0.224. The molecule has 0 radical (unpaired) electrons. The highest BCUT2D eigenvalue weighted by Gasteiger charge is 2.26. The van der Waals surface area contributed by atoms with E-state index in [0.29, 0.717) is 0 Å². The zero-order valence-corrected chi connectivity index (χ0v) is 16.2. The van der Waals surface area contributed by atoms with E-state index in [2.05, 4.69) is 10.2 Å². The molecule has 0 bridgehead atoms. The van der Waals surface area contributed by atoms with E-state index in [-0.39, 0.29) is 16.8 Å². The molecule has 0 aliphatic rings. The largest absolute Gasteiger partial charge is 0.505 e. The van der Waals surface area contributed by atoms with Crippen LogP contribution in [0.4, 0.5) is 17.1 Å². The van der Waals surface area contributed by atoms with Crippen molar-refractivity contribution in [3.63, 3.8) is 0 Å². The van der Waals surface area contributed by atoms with E-state index < -0.39 is 51.8 Å². The van der Waals surface area contributed by atoms with E-state index in [1.165, 1.54) is 24.3 Å². The maximum atomic E-state index is 11.8. The van der Waals surface area contributed by atoms with Crippen molar-refractivity contribution in [2.24, 2.45) is 10.2 Å². The van der Waals surface area contributed by atoms with Gasteiger partial charge in [-0.2, -0.15) is 21.9 Å². The Morgan fingerprint density at radius 1 is 0.867 bits per heavy atom. The van der Waals surface area contributed by atoms with Crippen LogP contribution in [0.15, 0.2) is 68.6 Å². The minimum atomic E-state index is -4.93. The van der Waals surface area contributed by atoms with Crippen LogP contribution in [0.3, 0.4) is 0 Å². The van der Waals surface area contributed by atoms with Crippen molar-refractivity contribution in [3.8, 4) is 5.75 Å². The van der Waals surface area contributed by atoms with Crippen LogP contribution in [-0.2, 0) is 20.2 Å². The van der Waals surface area contributed by atoms with Gasteiger partial charge in [-0.15, -0.1) is 5.11 Å². The third-order valence-corrected chi connectivity index (χ3v) is 5.68. The highest BCUT2D eigenvalue weighted by atomic mass is 32.2. The monoisotopic (exact) mass is 453 g/mol. The fraction of sp³-hybridized carbons (Fsp3) is 0. The van der Waals surface area contributed by atoms with Crippen molar-refractivity contribution in [3.05, 3.63) is 58.6 Å². The molecule has 0 atom stereocenters. The van der Waals surface area contributed by atoms with Crippen molar-refractivity contribution in [2.45, 2.75) is 9.79 Å². The number of nitro benzene ring substituents is 1. The predicted octanol–water partition coefficient (Wildman–Crippen LogP) is 3.36. The SMILES string of the molecule is O=[N+]([O-])c1ccc(N=Nc2c(S(=O)(=O)O)cc3cccc(S(=O)(=O)O)c3c2O)cc1. The molecule has 0 aliphatic heterocycles. The molecule has 0 unspecified atom stereocenters. The third kappa shape index (κ3) is 4.11. The second-order valence-corrected chi connectivity index (χ2v) is 8.63. The molecule has 0 aromatic heterocycles. The van der Waals surface area contributed by atoms with E-state index in [4.69, 9.17) is 0 Å². The Morgan fingerprint density at radius 2 is 1.47 bits per heavy atom. The van der Waals surface area contributed by atoms with Crippen LogP contribution < -0.4 is 0 Å². The average Bonchev–Trinajstić information content (AvgIpc) is 2.65. The maximum absolute atomic E-state index is 11.8. The van der Waals surface area contributed by atoms with Crippen molar-refractivity contribution in [1.29, 1.82) is 0 Å². The molecule has 3 N–H and O–H groups in total. The number of nitro groups is 1. The van der Waals surface area contributed by atoms with Crippen molar-refractivity contribution in [1.82, 2.24) is 0 Å². The standard InChI is InChI=1S/C16H11N3O9S2/c20-16-14-9(2-1-3-12(14)29(23,24)25)8-13(30(26,27)28)15(16)18-17-10-4-6-11(7-5-10)19(21)22/h1-8,20H,(H,23,24,25)(H,26,27,28). The van der Waals surface area contributed by atoms with Gasteiger partial charge in [-0.3, -0.25) is 19.2 Å². The number of nitrogens with zero attached hydrogens (tertiary/aromatic N) is 3. The van der Waals surface area contributed by atoms with Gasteiger partial charge in [0.05, 0.1) is 10.6 Å². The fourth-order valence-electron chi connectivity index (χ4n) is 2.62. The lowest BCUT2D eigenvalue weighted by atomic mass is 10.1. The first-order chi connectivity index (χ1) is 13.9. The molecule has 12 nitrogen and oxygen atoms in total. The number of non-ortho nitro benzene ring substituents is 1. The third-order valence-electron chi connectivity index (χ3n) is 3.92. The first-order valence-corrected chi connectivity index (χ1v) is 10.7. The minimum Gasteiger partial charge on any atom is -0.505 e. The molecule has 0 spiro atoms. The summed E-state index contributed by atoms with van der Waals surface area (Å²) in [5.41, 5.74) is -0.997. The summed E-state index contributed by atoms with van der Waals surface area (Å²) in [6, 6.07) is 8.85. The fourth-order valence-corrected chi connectivity index (χ4v) is 4.00. The number of rotatable bonds is 5. The number of phenolic OH excluding ortho intramolecular Hbond substituents is 1. The summed E-state index contributed by atoms with van der Waals surface area (Å²) in [6.07, 6.45) is 0. The molecule has 156 valence electrons. The Hall–Kier alpha value is -3.46. The lowest BCUT2D eigenvalue weighted by Gasteiger charge is -2.11. The van der Waals surface area contributed by atoms with E-state index >= 15 is 0 Å². The van der Waals surface area contributed by atoms with Crippen LogP contribution in [0.25, 0.3) is 10.8 Å². The molecule has 14 heteroatoms. The molecule has 0 saturated heterocycles. The summed E-state index contributed by atoms with van der Waals surface area (Å²) in [5, 5.41) is 27.9. The molecule has 3 rings (SSSR count). The first-order valence-electron chi connectivity index (χ1n) is 7.79. The second-order valence-electron chi connectivity index (χ2n) is 5.85. The smallest absolute Gasteiger partial charge is 0.296 e. The van der Waals surface area contributed by atoms with Gasteiger partial charge in [0.1, 0.15) is 15.5 Å². The van der Waals surface area contributed by atoms with Gasteiger partial charge in [0.2, 0.25) is 0 Å². The Labute approximate surface area is 168 Å². The van der Waals surface area contributed by atoms with Crippen LogP contribution >= 0.6 is 0 Å². The molecule has 3 aromatic carbocycles. The second kappa shape index (κ2) is 7.42. The van der Waals surface area contributed by atoms with Gasteiger partial charge in [0, 0.05) is 17.5 Å². The van der Waals surface area contributed by atoms with Gasteiger partial charge in [0.25, 0.3) is 25.9 Å². The summed E-state index contributed by atoms with van der Waals surface area (Å²) in [6.45, 7) is 0. The van der Waals surface area contributed by atoms with Gasteiger partial charge in [-0.05, 0) is 29.7 Å². The summed E-state index contributed by atoms with van der Waals surface area (Å²) in [4.78, 5) is 8.45. The van der Waals surface area contributed by atoms with Crippen LogP contribution in [0.5, 0.6) is 5.75 Å². The van der Waals surface area contributed by atoms with Gasteiger partial charge in [-0.1, -0.05) is 12.1 Å². The number of phenols is 1. The highest BCUT2D eigenvalue weighted by molar-refractivity contribution is 7.86. The normalized spacial score (nSPS) is 12.5. The molecule has 0 fully saturated rings. The number of azo groups is 1. The number of aromatic hydroxyl groups is 1. The topological polar surface area (TPSA) is 197 Å². The minimum absolute atomic E-state index is 0.0319. The maximum Gasteiger partial charge on any atom is 0.296 e. The Bertz CT molecular complexity index is 1410. The van der Waals surface area contributed by atoms with Crippen LogP contribution in [0.2, 0.25) is 0 Å². The van der Waals surface area contributed by atoms with E-state index in [9.17, 15) is 41.2 Å². The summed E-state index contributed by atoms with van der Waals surface area (Å²) in [7, 11) is -9.74. The van der Waals surface area contributed by atoms with E-state index in [0.717, 1.165) is 24.3 Å². The number of fused-ring (bicyclic) bond motifs is 1. The van der Waals surface area contributed by atoms with Crippen LogP contribution in [0, 0.1) is 10.1 Å². The van der Waals surface area contributed by atoms with Gasteiger partial charge >= 0.3 is 0 Å². The predicted molar refractivity (Wildman–Crippen MR) is 103 cm³/mol. The molecular formula is C16H11N3O9S2. The van der Waals surface area contributed by atoms with Crippen LogP contribution in [-0.4, -0.2) is 36.0 Å². The highest BCUT2D eigenvalue weighted by Crippen LogP contribution is 2.43. The molecule has 0 amide bonds. The van der Waals surface area contributed by atoms with E-state index in [1.807, 2.05) is 0 Å². The van der Waals surface area contributed by atoms with E-state index in [1.54, 1.807) is 0 Å². The number of benzene rings is 3. The summed E-state index contributed by atoms with van der Waals surface area (Å²) < 4.78 is 65.7. The summed E-state index contributed by atoms with van der Waals surface area (Å²) >= 11 is 0. The lowest BCUT2D eigenvalue weighted by Crippen LogP contribution is -2.02. The van der Waals surface area contributed by atoms with Gasteiger partial charge in [-0.25, -0.2) is 0 Å². The number of hydrogen-bond donors (Lipinski definition) is 3. The van der Waals surface area contributed by atoms with Gasteiger partial charge < -0.3 is 5.11 Å². The molecule has 30 heavy (non-hydrogen) atoms. The van der Waals surface area contributed by atoms with Crippen molar-refractivity contribution < 1.29 is 36.0 Å². The Kier molecular flexibility index (Phi) is 5.25. The average molecular weight is 453 g/mol. The Balaban J connectivity index is 2.28. The lowest BCUT2D eigenvalue weighted by molar-refractivity contribution is -0.384. The zero-order valence-electron chi connectivity index (χ0n) is 14.6. The molecular weight excluding hydrogens is 442 g/mol. The molecule has 0 aliphatic carbocycles. The first kappa shape index (κ1) is 21.3. The zero-order chi connectivity index (χ0) is 22.3. The molecule has 0 heterocycles. The van der Waals surface area contributed by atoms with Crippen molar-refractivity contribution >= 4 is 48.1 Å². The van der Waals surface area contributed by atoms with Gasteiger partial charge in [0.15, 0.2) is 5.75 Å². The summed E-state index contributed by atoms with van der Waals surface area (Å²) in [5.74, 6) is -0.973. The Morgan fingerprint density at radius 3 is 2.00 bits per heavy atom. The van der Waals surface area contributed by atoms with Crippen LogP contribution in [0.1, 0.15) is 0 Å². The number of hydrogen-bond acceptors (Lipinski definition) is 9. The molecule has 0 saturated carbocycles. The van der Waals surface area contributed by atoms with Crippen molar-refractivity contribution in [2.75, 3.05) is 0 Å².